The van der Waals surface area contributed by atoms with Crippen molar-refractivity contribution < 1.29 is 27.9 Å². The zero-order chi connectivity index (χ0) is 16.4. The van der Waals surface area contributed by atoms with Crippen LogP contribution in [0.1, 0.15) is 22.8 Å². The van der Waals surface area contributed by atoms with Crippen LogP contribution in [-0.2, 0) is 11.0 Å². The van der Waals surface area contributed by atoms with Gasteiger partial charge in [-0.3, -0.25) is 9.59 Å². The number of amides is 1. The van der Waals surface area contributed by atoms with Gasteiger partial charge in [-0.15, -0.1) is 0 Å². The van der Waals surface area contributed by atoms with Crippen LogP contribution in [0.5, 0.6) is 0 Å². The van der Waals surface area contributed by atoms with Gasteiger partial charge in [0.2, 0.25) is 0 Å². The number of hydrogen-bond donors (Lipinski definition) is 1. The molecule has 0 saturated carbocycles. The average Bonchev–Trinajstić information content (AvgIpc) is 2.35. The van der Waals surface area contributed by atoms with E-state index in [9.17, 15) is 22.8 Å². The summed E-state index contributed by atoms with van der Waals surface area (Å²) in [6.07, 6.45) is -4.62. The monoisotopic (exact) mass is 323 g/mol. The summed E-state index contributed by atoms with van der Waals surface area (Å²) < 4.78 is 38.0. The molecule has 0 fully saturated rings. The Balaban J connectivity index is 3.02. The van der Waals surface area contributed by atoms with E-state index >= 15 is 0 Å². The smallest absolute Gasteiger partial charge is 0.416 e. The molecule has 0 saturated heterocycles. The average molecular weight is 324 g/mol. The predicted octanol–water partition coefficient (Wildman–Crippen LogP) is 3.15. The number of nitrogens with zero attached hydrogens (tertiary/aromatic N) is 1. The number of carbonyl (C=O) groups excluding carboxylic acids is 1. The third kappa shape index (κ3) is 4.63. The highest BCUT2D eigenvalue weighted by Crippen LogP contribution is 2.32. The van der Waals surface area contributed by atoms with Gasteiger partial charge in [0, 0.05) is 24.2 Å². The van der Waals surface area contributed by atoms with Crippen molar-refractivity contribution in [2.24, 2.45) is 5.92 Å². The molecular formula is C13H13ClF3NO3. The second-order valence-electron chi connectivity index (χ2n) is 4.65. The molecule has 8 heteroatoms. The lowest BCUT2D eigenvalue weighted by atomic mass is 10.1. The minimum absolute atomic E-state index is 0.123. The minimum atomic E-state index is -4.62. The zero-order valence-corrected chi connectivity index (χ0v) is 12.0. The third-order valence-corrected chi connectivity index (χ3v) is 3.01. The van der Waals surface area contributed by atoms with Gasteiger partial charge in [-0.2, -0.15) is 13.2 Å². The number of carbonyl (C=O) groups is 2. The summed E-state index contributed by atoms with van der Waals surface area (Å²) in [4.78, 5) is 23.8. The summed E-state index contributed by atoms with van der Waals surface area (Å²) in [5, 5.41) is 8.56. The highest BCUT2D eigenvalue weighted by molar-refractivity contribution is 6.31. The highest BCUT2D eigenvalue weighted by Gasteiger charge is 2.32. The van der Waals surface area contributed by atoms with E-state index in [1.165, 1.54) is 14.0 Å². The second-order valence-corrected chi connectivity index (χ2v) is 5.09. The van der Waals surface area contributed by atoms with Gasteiger partial charge in [0.1, 0.15) is 0 Å². The number of carboxylic acids is 1. The van der Waals surface area contributed by atoms with E-state index in [0.29, 0.717) is 6.07 Å². The fraction of sp³-hybridized carbons (Fsp3) is 0.385. The Hall–Kier alpha value is -1.76. The van der Waals surface area contributed by atoms with E-state index in [1.807, 2.05) is 0 Å². The van der Waals surface area contributed by atoms with Gasteiger partial charge in [-0.25, -0.2) is 0 Å². The molecule has 0 heterocycles. The second kappa shape index (κ2) is 6.34. The number of rotatable bonds is 4. The van der Waals surface area contributed by atoms with Crippen molar-refractivity contribution in [2.75, 3.05) is 13.6 Å². The Kier molecular flexibility index (Phi) is 5.22. The summed E-state index contributed by atoms with van der Waals surface area (Å²) >= 11 is 5.60. The van der Waals surface area contributed by atoms with Crippen molar-refractivity contribution in [3.8, 4) is 0 Å². The maximum absolute atomic E-state index is 12.7. The Morgan fingerprint density at radius 3 is 2.38 bits per heavy atom. The Labute approximate surface area is 124 Å². The van der Waals surface area contributed by atoms with Gasteiger partial charge in [-0.05, 0) is 18.2 Å². The van der Waals surface area contributed by atoms with Crippen LogP contribution in [0.3, 0.4) is 0 Å². The molecule has 0 aliphatic carbocycles. The molecule has 1 N–H and O–H groups in total. The fourth-order valence-corrected chi connectivity index (χ4v) is 1.90. The van der Waals surface area contributed by atoms with Crippen LogP contribution in [0.15, 0.2) is 18.2 Å². The molecule has 1 aromatic carbocycles. The van der Waals surface area contributed by atoms with Gasteiger partial charge < -0.3 is 10.0 Å². The molecule has 0 spiro atoms. The first kappa shape index (κ1) is 17.3. The largest absolute Gasteiger partial charge is 0.481 e. The number of halogens is 4. The first-order valence-corrected chi connectivity index (χ1v) is 6.26. The zero-order valence-electron chi connectivity index (χ0n) is 11.2. The molecule has 116 valence electrons. The molecule has 1 aromatic rings. The highest BCUT2D eigenvalue weighted by atomic mass is 35.5. The van der Waals surface area contributed by atoms with Crippen LogP contribution >= 0.6 is 11.6 Å². The summed E-state index contributed by atoms with van der Waals surface area (Å²) in [6.45, 7) is 1.27. The number of alkyl halides is 3. The standard InChI is InChI=1S/C13H13ClF3NO3/c1-7(12(20)21)6-18(2)11(19)8-3-9(13(15,16)17)5-10(14)4-8/h3-5,7H,6H2,1-2H3,(H,20,21). The van der Waals surface area contributed by atoms with E-state index in [4.69, 9.17) is 16.7 Å². The van der Waals surface area contributed by atoms with Crippen molar-refractivity contribution in [1.82, 2.24) is 4.90 Å². The first-order chi connectivity index (χ1) is 9.52. The normalized spacial score (nSPS) is 12.9. The number of aliphatic carboxylic acids is 1. The maximum Gasteiger partial charge on any atom is 0.416 e. The Bertz CT molecular complexity index is 560. The molecule has 1 atom stereocenters. The van der Waals surface area contributed by atoms with Gasteiger partial charge in [-0.1, -0.05) is 18.5 Å². The molecule has 0 radical (unpaired) electrons. The van der Waals surface area contributed by atoms with Gasteiger partial charge in [0.15, 0.2) is 0 Å². The van der Waals surface area contributed by atoms with E-state index in [0.717, 1.165) is 17.0 Å². The van der Waals surface area contributed by atoms with Crippen molar-refractivity contribution in [3.05, 3.63) is 34.3 Å². The van der Waals surface area contributed by atoms with Crippen molar-refractivity contribution in [2.45, 2.75) is 13.1 Å². The molecular weight excluding hydrogens is 311 g/mol. The van der Waals surface area contributed by atoms with Gasteiger partial charge in [0.05, 0.1) is 11.5 Å². The number of hydrogen-bond acceptors (Lipinski definition) is 2. The van der Waals surface area contributed by atoms with Crippen LogP contribution in [0.4, 0.5) is 13.2 Å². The summed E-state index contributed by atoms with van der Waals surface area (Å²) in [5.74, 6) is -2.66. The lowest BCUT2D eigenvalue weighted by molar-refractivity contribution is -0.141. The Morgan fingerprint density at radius 2 is 1.90 bits per heavy atom. The number of carboxylic acid groups (broad SMARTS) is 1. The topological polar surface area (TPSA) is 57.6 Å². The molecule has 1 rings (SSSR count). The number of benzene rings is 1. The van der Waals surface area contributed by atoms with Crippen molar-refractivity contribution in [3.63, 3.8) is 0 Å². The lowest BCUT2D eigenvalue weighted by Crippen LogP contribution is -2.33. The quantitative estimate of drug-likeness (QED) is 0.926. The third-order valence-electron chi connectivity index (χ3n) is 2.79. The van der Waals surface area contributed by atoms with Crippen LogP contribution in [0.2, 0.25) is 5.02 Å². The summed E-state index contributed by atoms with van der Waals surface area (Å²) in [5.41, 5.74) is -1.27. The maximum atomic E-state index is 12.7. The van der Waals surface area contributed by atoms with E-state index in [1.54, 1.807) is 0 Å². The van der Waals surface area contributed by atoms with E-state index in [2.05, 4.69) is 0 Å². The predicted molar refractivity (Wildman–Crippen MR) is 70.2 cm³/mol. The summed E-state index contributed by atoms with van der Waals surface area (Å²) in [7, 11) is 1.32. The fourth-order valence-electron chi connectivity index (χ4n) is 1.67. The molecule has 1 unspecified atom stereocenters. The molecule has 4 nitrogen and oxygen atoms in total. The van der Waals surface area contributed by atoms with Crippen molar-refractivity contribution >= 4 is 23.5 Å². The summed E-state index contributed by atoms with van der Waals surface area (Å²) in [6, 6.07) is 2.52. The first-order valence-electron chi connectivity index (χ1n) is 5.88. The Morgan fingerprint density at radius 1 is 1.33 bits per heavy atom. The van der Waals surface area contributed by atoms with E-state index < -0.39 is 29.5 Å². The SMILES string of the molecule is CC(CN(C)C(=O)c1cc(Cl)cc(C(F)(F)F)c1)C(=O)O. The van der Waals surface area contributed by atoms with Crippen LogP contribution in [-0.4, -0.2) is 35.5 Å². The minimum Gasteiger partial charge on any atom is -0.481 e. The molecule has 21 heavy (non-hydrogen) atoms. The van der Waals surface area contributed by atoms with E-state index in [-0.39, 0.29) is 17.1 Å². The van der Waals surface area contributed by atoms with Gasteiger partial charge >= 0.3 is 12.1 Å². The molecule has 0 aliphatic rings. The van der Waals surface area contributed by atoms with Gasteiger partial charge in [0.25, 0.3) is 5.91 Å². The molecule has 0 bridgehead atoms. The lowest BCUT2D eigenvalue weighted by Gasteiger charge is -2.20. The van der Waals surface area contributed by atoms with Crippen LogP contribution in [0.25, 0.3) is 0 Å². The molecule has 0 aliphatic heterocycles. The van der Waals surface area contributed by atoms with Crippen LogP contribution in [0, 0.1) is 5.92 Å². The molecule has 1 amide bonds. The van der Waals surface area contributed by atoms with Crippen LogP contribution < -0.4 is 0 Å². The van der Waals surface area contributed by atoms with Crippen molar-refractivity contribution in [1.29, 1.82) is 0 Å². The molecule has 0 aromatic heterocycles.